The van der Waals surface area contributed by atoms with Crippen LogP contribution in [0, 0.1) is 0 Å². The molecule has 0 N–H and O–H groups in total. The Morgan fingerprint density at radius 2 is 1.92 bits per heavy atom. The van der Waals surface area contributed by atoms with E-state index in [-0.39, 0.29) is 0 Å². The van der Waals surface area contributed by atoms with Crippen LogP contribution < -0.4 is 0 Å². The second-order valence-corrected chi connectivity index (χ2v) is 3.59. The Kier molecular flexibility index (Phi) is 2.19. The fourth-order valence-electron chi connectivity index (χ4n) is 1.23. The minimum absolute atomic E-state index is 1.01. The summed E-state index contributed by atoms with van der Waals surface area (Å²) < 4.78 is 2.82. The Balaban J connectivity index is 2.53. The first-order valence-corrected chi connectivity index (χ1v) is 4.81. The summed E-state index contributed by atoms with van der Waals surface area (Å²) in [6.45, 7) is 0. The highest BCUT2D eigenvalue weighted by molar-refractivity contribution is 9.10. The third kappa shape index (κ3) is 1.52. The molecule has 0 aliphatic heterocycles. The van der Waals surface area contributed by atoms with Crippen molar-refractivity contribution in [3.63, 3.8) is 0 Å². The van der Waals surface area contributed by atoms with Crippen LogP contribution in [0.3, 0.4) is 0 Å². The molecular formula is C10H9BrN2. The molecule has 0 saturated heterocycles. The molecule has 2 aromatic rings. The van der Waals surface area contributed by atoms with Gasteiger partial charge in [0.05, 0.1) is 6.20 Å². The van der Waals surface area contributed by atoms with E-state index in [1.54, 1.807) is 0 Å². The molecule has 0 radical (unpaired) electrons. The molecule has 13 heavy (non-hydrogen) atoms. The van der Waals surface area contributed by atoms with E-state index in [0.29, 0.717) is 0 Å². The van der Waals surface area contributed by atoms with E-state index >= 15 is 0 Å². The van der Waals surface area contributed by atoms with Crippen molar-refractivity contribution in [1.82, 2.24) is 9.78 Å². The lowest BCUT2D eigenvalue weighted by atomic mass is 10.1. The molecule has 0 bridgehead atoms. The molecule has 1 heterocycles. The summed E-state index contributed by atoms with van der Waals surface area (Å²) in [6, 6.07) is 10.2. The molecule has 0 aliphatic rings. The van der Waals surface area contributed by atoms with Gasteiger partial charge in [-0.05, 0) is 21.5 Å². The number of benzene rings is 1. The number of hydrogen-bond donors (Lipinski definition) is 0. The molecule has 0 atom stereocenters. The van der Waals surface area contributed by atoms with Crippen LogP contribution in [0.15, 0.2) is 41.1 Å². The molecule has 66 valence electrons. The van der Waals surface area contributed by atoms with Gasteiger partial charge in [0, 0.05) is 12.6 Å². The number of rotatable bonds is 1. The highest BCUT2D eigenvalue weighted by Gasteiger charge is 2.05. The quantitative estimate of drug-likeness (QED) is 0.745. The zero-order valence-corrected chi connectivity index (χ0v) is 8.82. The van der Waals surface area contributed by atoms with Gasteiger partial charge in [-0.25, -0.2) is 0 Å². The summed E-state index contributed by atoms with van der Waals surface area (Å²) in [5, 5.41) is 4.16. The number of nitrogens with zero attached hydrogens (tertiary/aromatic N) is 2. The van der Waals surface area contributed by atoms with Crippen molar-refractivity contribution in [3.05, 3.63) is 41.1 Å². The minimum Gasteiger partial charge on any atom is -0.261 e. The molecule has 0 unspecified atom stereocenters. The topological polar surface area (TPSA) is 17.8 Å². The van der Waals surface area contributed by atoms with Crippen molar-refractivity contribution in [3.8, 4) is 11.1 Å². The van der Waals surface area contributed by atoms with Gasteiger partial charge in [0.2, 0.25) is 0 Å². The van der Waals surface area contributed by atoms with Crippen molar-refractivity contribution in [2.75, 3.05) is 0 Å². The molecule has 1 aromatic heterocycles. The predicted molar refractivity (Wildman–Crippen MR) is 56.3 cm³/mol. The lowest BCUT2D eigenvalue weighted by Gasteiger charge is -1.97. The SMILES string of the molecule is Cn1ncc(-c2ccccc2)c1Br. The molecule has 0 saturated carbocycles. The fourth-order valence-corrected chi connectivity index (χ4v) is 1.66. The van der Waals surface area contributed by atoms with Gasteiger partial charge in [-0.15, -0.1) is 0 Å². The Bertz CT molecular complexity index is 406. The maximum atomic E-state index is 4.16. The molecule has 2 nitrogen and oxygen atoms in total. The van der Waals surface area contributed by atoms with Crippen LogP contribution in [0.5, 0.6) is 0 Å². The second kappa shape index (κ2) is 3.34. The molecule has 3 heteroatoms. The third-order valence-electron chi connectivity index (χ3n) is 1.95. The van der Waals surface area contributed by atoms with E-state index in [1.165, 1.54) is 5.56 Å². The second-order valence-electron chi connectivity index (χ2n) is 2.84. The Morgan fingerprint density at radius 3 is 2.46 bits per heavy atom. The van der Waals surface area contributed by atoms with Crippen LogP contribution in [0.4, 0.5) is 0 Å². The summed E-state index contributed by atoms with van der Waals surface area (Å²) >= 11 is 3.49. The molecule has 1 aromatic carbocycles. The molecular weight excluding hydrogens is 228 g/mol. The summed E-state index contributed by atoms with van der Waals surface area (Å²) in [7, 11) is 1.91. The highest BCUT2D eigenvalue weighted by atomic mass is 79.9. The monoisotopic (exact) mass is 236 g/mol. The number of aryl methyl sites for hydroxylation is 1. The summed E-state index contributed by atoms with van der Waals surface area (Å²) in [5.74, 6) is 0. The zero-order valence-electron chi connectivity index (χ0n) is 7.24. The number of aromatic nitrogens is 2. The Hall–Kier alpha value is -1.09. The van der Waals surface area contributed by atoms with Gasteiger partial charge < -0.3 is 0 Å². The van der Waals surface area contributed by atoms with Crippen LogP contribution >= 0.6 is 15.9 Å². The zero-order chi connectivity index (χ0) is 9.26. The van der Waals surface area contributed by atoms with Gasteiger partial charge in [-0.1, -0.05) is 30.3 Å². The molecule has 2 rings (SSSR count). The van der Waals surface area contributed by atoms with Gasteiger partial charge in [0.1, 0.15) is 4.60 Å². The maximum Gasteiger partial charge on any atom is 0.111 e. The number of hydrogen-bond acceptors (Lipinski definition) is 1. The van der Waals surface area contributed by atoms with Crippen molar-refractivity contribution >= 4 is 15.9 Å². The highest BCUT2D eigenvalue weighted by Crippen LogP contribution is 2.26. The summed E-state index contributed by atoms with van der Waals surface area (Å²) in [5.41, 5.74) is 2.31. The summed E-state index contributed by atoms with van der Waals surface area (Å²) in [4.78, 5) is 0. The van der Waals surface area contributed by atoms with E-state index < -0.39 is 0 Å². The normalized spacial score (nSPS) is 10.3. The van der Waals surface area contributed by atoms with Crippen LogP contribution in [-0.4, -0.2) is 9.78 Å². The van der Waals surface area contributed by atoms with E-state index in [0.717, 1.165) is 10.2 Å². The van der Waals surface area contributed by atoms with Crippen molar-refractivity contribution in [1.29, 1.82) is 0 Å². The van der Waals surface area contributed by atoms with Gasteiger partial charge in [-0.3, -0.25) is 4.68 Å². The molecule has 0 aliphatic carbocycles. The largest absolute Gasteiger partial charge is 0.261 e. The lowest BCUT2D eigenvalue weighted by molar-refractivity contribution is 0.750. The van der Waals surface area contributed by atoms with Crippen LogP contribution in [0.1, 0.15) is 0 Å². The van der Waals surface area contributed by atoms with E-state index in [2.05, 4.69) is 33.2 Å². The maximum absolute atomic E-state index is 4.16. The first-order chi connectivity index (χ1) is 6.29. The van der Waals surface area contributed by atoms with Gasteiger partial charge in [0.15, 0.2) is 0 Å². The fraction of sp³-hybridized carbons (Fsp3) is 0.100. The van der Waals surface area contributed by atoms with E-state index in [4.69, 9.17) is 0 Å². The third-order valence-corrected chi connectivity index (χ3v) is 2.89. The van der Waals surface area contributed by atoms with Gasteiger partial charge in [0.25, 0.3) is 0 Å². The van der Waals surface area contributed by atoms with Gasteiger partial charge >= 0.3 is 0 Å². The Morgan fingerprint density at radius 1 is 1.23 bits per heavy atom. The summed E-state index contributed by atoms with van der Waals surface area (Å²) in [6.07, 6.45) is 1.86. The van der Waals surface area contributed by atoms with E-state index in [1.807, 2.05) is 36.1 Å². The number of halogens is 1. The molecule has 0 amide bonds. The first kappa shape index (κ1) is 8.51. The minimum atomic E-state index is 1.01. The van der Waals surface area contributed by atoms with Gasteiger partial charge in [-0.2, -0.15) is 5.10 Å². The van der Waals surface area contributed by atoms with E-state index in [9.17, 15) is 0 Å². The first-order valence-electron chi connectivity index (χ1n) is 4.02. The Labute approximate surface area is 85.3 Å². The lowest BCUT2D eigenvalue weighted by Crippen LogP contribution is -1.88. The van der Waals surface area contributed by atoms with Crippen LogP contribution in [-0.2, 0) is 7.05 Å². The predicted octanol–water partition coefficient (Wildman–Crippen LogP) is 2.85. The average molecular weight is 237 g/mol. The van der Waals surface area contributed by atoms with Crippen molar-refractivity contribution in [2.24, 2.45) is 7.05 Å². The smallest absolute Gasteiger partial charge is 0.111 e. The van der Waals surface area contributed by atoms with Crippen molar-refractivity contribution < 1.29 is 0 Å². The van der Waals surface area contributed by atoms with Crippen LogP contribution in [0.25, 0.3) is 11.1 Å². The average Bonchev–Trinajstić information content (AvgIpc) is 2.49. The molecule has 0 spiro atoms. The standard InChI is InChI=1S/C10H9BrN2/c1-13-10(11)9(7-12-13)8-5-3-2-4-6-8/h2-7H,1H3. The molecule has 0 fully saturated rings. The van der Waals surface area contributed by atoms with Crippen LogP contribution in [0.2, 0.25) is 0 Å². The van der Waals surface area contributed by atoms with Crippen molar-refractivity contribution in [2.45, 2.75) is 0 Å².